The molecule has 10 heteroatoms. The van der Waals surface area contributed by atoms with Crippen LogP contribution in [0.3, 0.4) is 0 Å². The molecule has 0 aliphatic carbocycles. The Bertz CT molecular complexity index is 359. The van der Waals surface area contributed by atoms with Gasteiger partial charge in [-0.1, -0.05) is 33.2 Å². The molecule has 122 valence electrons. The Morgan fingerprint density at radius 3 is 2.76 bits per heavy atom. The molecular formula is C11H26N3O2P5. The summed E-state index contributed by atoms with van der Waals surface area (Å²) < 4.78 is 0. The van der Waals surface area contributed by atoms with Gasteiger partial charge in [0.05, 0.1) is 12.1 Å². The van der Waals surface area contributed by atoms with Crippen molar-refractivity contribution in [3.8, 4) is 0 Å². The first-order chi connectivity index (χ1) is 9.99. The minimum absolute atomic E-state index is 0.0569. The molecule has 0 bridgehead atoms. The summed E-state index contributed by atoms with van der Waals surface area (Å²) in [7, 11) is 7.60. The topological polar surface area (TPSA) is 75.4 Å². The number of hydrogen-bond acceptors (Lipinski definition) is 4. The van der Waals surface area contributed by atoms with Crippen LogP contribution in [0.1, 0.15) is 32.1 Å². The lowest BCUT2D eigenvalue weighted by Gasteiger charge is -2.27. The van der Waals surface area contributed by atoms with Gasteiger partial charge >= 0.3 is 0 Å². The van der Waals surface area contributed by atoms with Gasteiger partial charge in [-0.25, -0.2) is 0 Å². The molecule has 0 aromatic carbocycles. The Morgan fingerprint density at radius 1 is 1.43 bits per heavy atom. The Balaban J connectivity index is 2.43. The van der Waals surface area contributed by atoms with Crippen LogP contribution in [-0.4, -0.2) is 41.5 Å². The first-order valence-electron chi connectivity index (χ1n) is 7.07. The molecule has 1 aliphatic rings. The lowest BCUT2D eigenvalue weighted by molar-refractivity contribution is -0.136. The molecule has 0 aromatic heterocycles. The minimum Gasteiger partial charge on any atom is -0.331 e. The van der Waals surface area contributed by atoms with Crippen molar-refractivity contribution < 1.29 is 9.59 Å². The number of rotatable bonds is 9. The lowest BCUT2D eigenvalue weighted by Crippen LogP contribution is -2.47. The van der Waals surface area contributed by atoms with E-state index in [1.165, 1.54) is 0 Å². The summed E-state index contributed by atoms with van der Waals surface area (Å²) in [5, 5.41) is 3.25. The molecule has 1 fully saturated rings. The summed E-state index contributed by atoms with van der Waals surface area (Å²) in [5.74, 6) is -0.0569. The Kier molecular flexibility index (Phi) is 10.5. The fourth-order valence-electron chi connectivity index (χ4n) is 2.45. The standard InChI is InChI=1S/C11H26N3O2P5/c12-8(4-1-2-6-13-20-17)10(15)14-7-3-5-9(14)11(16)21(18)19/h8-9,13,20H,1-7,12,17-19H2. The van der Waals surface area contributed by atoms with E-state index in [0.29, 0.717) is 21.4 Å². The van der Waals surface area contributed by atoms with Gasteiger partial charge in [0.15, 0.2) is 5.52 Å². The summed E-state index contributed by atoms with van der Waals surface area (Å²) >= 11 is 0. The second kappa shape index (κ2) is 10.9. The molecule has 1 amide bonds. The average Bonchev–Trinajstić information content (AvgIpc) is 2.94. The molecule has 3 N–H and O–H groups in total. The maximum absolute atomic E-state index is 12.4. The van der Waals surface area contributed by atoms with Crippen molar-refractivity contribution in [2.24, 2.45) is 5.73 Å². The largest absolute Gasteiger partial charge is 0.331 e. The number of likely N-dealkylation sites (tertiary alicyclic amines) is 1. The van der Waals surface area contributed by atoms with E-state index >= 15 is 0 Å². The number of amides is 1. The lowest BCUT2D eigenvalue weighted by atomic mass is 10.1. The van der Waals surface area contributed by atoms with E-state index < -0.39 is 13.3 Å². The third kappa shape index (κ3) is 6.69. The van der Waals surface area contributed by atoms with Gasteiger partial charge in [-0.2, -0.15) is 0 Å². The van der Waals surface area contributed by atoms with Crippen molar-refractivity contribution in [3.63, 3.8) is 0 Å². The number of nitrogens with two attached hydrogens (primary N) is 1. The van der Waals surface area contributed by atoms with E-state index in [-0.39, 0.29) is 17.5 Å². The van der Waals surface area contributed by atoms with Gasteiger partial charge in [0, 0.05) is 13.8 Å². The van der Waals surface area contributed by atoms with Crippen LogP contribution in [0.4, 0.5) is 0 Å². The number of carbonyl (C=O) groups excluding carboxylic acids is 2. The third-order valence-corrected chi connectivity index (χ3v) is 6.96. The number of hydrogen-bond donors (Lipinski definition) is 2. The highest BCUT2D eigenvalue weighted by Crippen LogP contribution is 2.55. The average molecular weight is 387 g/mol. The summed E-state index contributed by atoms with van der Waals surface area (Å²) in [4.78, 5) is 26.3. The summed E-state index contributed by atoms with van der Waals surface area (Å²) in [6.45, 7) is 1.62. The van der Waals surface area contributed by atoms with E-state index in [0.717, 1.165) is 32.2 Å². The second-order valence-electron chi connectivity index (χ2n) is 5.11. The minimum atomic E-state index is -0.811. The Morgan fingerprint density at radius 2 is 2.14 bits per heavy atom. The highest BCUT2D eigenvalue weighted by molar-refractivity contribution is 8.50. The molecule has 1 aliphatic heterocycles. The normalized spacial score (nSPS) is 20.6. The van der Waals surface area contributed by atoms with Crippen LogP contribution < -0.4 is 10.8 Å². The Labute approximate surface area is 137 Å². The van der Waals surface area contributed by atoms with E-state index in [1.807, 2.05) is 0 Å². The van der Waals surface area contributed by atoms with Crippen LogP contribution in [0.2, 0.25) is 0 Å². The van der Waals surface area contributed by atoms with Crippen LogP contribution >= 0.6 is 42.5 Å². The van der Waals surface area contributed by atoms with E-state index in [1.54, 1.807) is 4.90 Å². The van der Waals surface area contributed by atoms with Crippen LogP contribution in [0.25, 0.3) is 0 Å². The molecule has 1 rings (SSSR count). The molecular weight excluding hydrogens is 361 g/mol. The molecule has 0 saturated carbocycles. The van der Waals surface area contributed by atoms with Gasteiger partial charge in [0.1, 0.15) is 0 Å². The SMILES string of the molecule is NC(CCCCNPP)C(=O)N1CCCC1C(=O)P(P)P. The number of nitrogens with one attached hydrogen (secondary N) is 1. The molecule has 6 atom stereocenters. The van der Waals surface area contributed by atoms with Gasteiger partial charge < -0.3 is 10.6 Å². The third-order valence-electron chi connectivity index (χ3n) is 3.56. The van der Waals surface area contributed by atoms with Crippen molar-refractivity contribution in [2.75, 3.05) is 13.1 Å². The van der Waals surface area contributed by atoms with E-state index in [4.69, 9.17) is 5.73 Å². The molecule has 5 nitrogen and oxygen atoms in total. The highest BCUT2D eigenvalue weighted by Gasteiger charge is 2.36. The summed E-state index contributed by atoms with van der Waals surface area (Å²) in [6, 6.07) is -0.734. The summed E-state index contributed by atoms with van der Waals surface area (Å²) in [6.07, 6.45) is 4.31. The predicted molar refractivity (Wildman–Crippen MR) is 104 cm³/mol. The van der Waals surface area contributed by atoms with Gasteiger partial charge in [-0.05, 0) is 40.6 Å². The highest BCUT2D eigenvalue weighted by atomic mass is 32.4. The van der Waals surface area contributed by atoms with Crippen LogP contribution in [-0.2, 0) is 9.59 Å². The predicted octanol–water partition coefficient (Wildman–Crippen LogP) is 2.04. The molecule has 1 heterocycles. The quantitative estimate of drug-likeness (QED) is 0.469. The zero-order valence-corrected chi connectivity index (χ0v) is 17.5. The van der Waals surface area contributed by atoms with Crippen molar-refractivity contribution >= 4 is 53.9 Å². The maximum Gasteiger partial charge on any atom is 0.240 e. The smallest absolute Gasteiger partial charge is 0.240 e. The number of unbranched alkanes of at least 4 members (excludes halogenated alkanes) is 1. The Hall–Kier alpha value is 1.21. The molecule has 6 unspecified atom stereocenters. The second-order valence-corrected chi connectivity index (χ2v) is 13.0. The van der Waals surface area contributed by atoms with Crippen LogP contribution in [0.5, 0.6) is 0 Å². The number of carbonyl (C=O) groups is 2. The number of nitrogens with zero attached hydrogens (tertiary/aromatic N) is 1. The van der Waals surface area contributed by atoms with Gasteiger partial charge in [-0.15, -0.1) is 0 Å². The maximum atomic E-state index is 12.4. The molecule has 0 radical (unpaired) electrons. The molecule has 21 heavy (non-hydrogen) atoms. The van der Waals surface area contributed by atoms with Crippen LogP contribution in [0, 0.1) is 0 Å². The van der Waals surface area contributed by atoms with Crippen molar-refractivity contribution in [2.45, 2.75) is 44.2 Å². The van der Waals surface area contributed by atoms with E-state index in [9.17, 15) is 9.59 Å². The molecule has 0 spiro atoms. The summed E-state index contributed by atoms with van der Waals surface area (Å²) in [5.41, 5.74) is 6.18. The fourth-order valence-corrected chi connectivity index (χ4v) is 4.84. The van der Waals surface area contributed by atoms with Gasteiger partial charge in [0.25, 0.3) is 0 Å². The van der Waals surface area contributed by atoms with Gasteiger partial charge in [-0.3, -0.25) is 14.7 Å². The molecule has 0 aromatic rings. The fraction of sp³-hybridized carbons (Fsp3) is 0.818. The van der Waals surface area contributed by atoms with Gasteiger partial charge in [0.2, 0.25) is 5.91 Å². The first-order valence-corrected chi connectivity index (χ1v) is 14.5. The van der Waals surface area contributed by atoms with Crippen molar-refractivity contribution in [3.05, 3.63) is 0 Å². The monoisotopic (exact) mass is 387 g/mol. The van der Waals surface area contributed by atoms with Crippen molar-refractivity contribution in [1.29, 1.82) is 0 Å². The molecule has 1 saturated heterocycles. The van der Waals surface area contributed by atoms with E-state index in [2.05, 4.69) is 31.9 Å². The zero-order chi connectivity index (χ0) is 15.8. The van der Waals surface area contributed by atoms with Crippen LogP contribution in [0.15, 0.2) is 0 Å². The van der Waals surface area contributed by atoms with Crippen molar-refractivity contribution in [1.82, 2.24) is 9.99 Å². The first kappa shape index (κ1) is 20.3. The zero-order valence-electron chi connectivity index (χ0n) is 12.1.